The molecule has 2 aliphatic rings. The first-order valence-corrected chi connectivity index (χ1v) is 9.07. The van der Waals surface area contributed by atoms with Gasteiger partial charge in [0, 0.05) is 25.0 Å². The predicted octanol–water partition coefficient (Wildman–Crippen LogP) is 3.85. The first-order valence-electron chi connectivity index (χ1n) is 8.26. The van der Waals surface area contributed by atoms with Gasteiger partial charge in [0.1, 0.15) is 0 Å². The first kappa shape index (κ1) is 17.3. The average molecular weight is 386 g/mol. The van der Waals surface area contributed by atoms with Crippen LogP contribution in [0.3, 0.4) is 0 Å². The fourth-order valence-corrected chi connectivity index (χ4v) is 4.23. The van der Waals surface area contributed by atoms with Gasteiger partial charge in [-0.2, -0.15) is 18.2 Å². The second-order valence-electron chi connectivity index (χ2n) is 7.00. The Hall–Kier alpha value is -2.10. The van der Waals surface area contributed by atoms with E-state index in [4.69, 9.17) is 0 Å². The SMILES string of the molecule is CN(Cc1ccc(-c2noc(C(F)(F)F)n2)s1)C(=O)N1CCC2(CC2)C1. The van der Waals surface area contributed by atoms with Gasteiger partial charge in [-0.05, 0) is 36.8 Å². The molecule has 3 heterocycles. The van der Waals surface area contributed by atoms with Gasteiger partial charge in [0.25, 0.3) is 0 Å². The lowest BCUT2D eigenvalue weighted by molar-refractivity contribution is -0.159. The van der Waals surface area contributed by atoms with Gasteiger partial charge < -0.3 is 14.3 Å². The molecule has 1 aliphatic carbocycles. The number of hydrogen-bond acceptors (Lipinski definition) is 5. The van der Waals surface area contributed by atoms with Crippen molar-refractivity contribution in [2.75, 3.05) is 20.1 Å². The third kappa shape index (κ3) is 3.29. The number of rotatable bonds is 3. The second-order valence-corrected chi connectivity index (χ2v) is 8.17. The highest BCUT2D eigenvalue weighted by Crippen LogP contribution is 2.52. The van der Waals surface area contributed by atoms with Crippen molar-refractivity contribution in [2.24, 2.45) is 5.41 Å². The van der Waals surface area contributed by atoms with Gasteiger partial charge in [0.05, 0.1) is 11.4 Å². The van der Waals surface area contributed by atoms with Crippen molar-refractivity contribution in [3.05, 3.63) is 22.9 Å². The average Bonchev–Trinajstić information content (AvgIpc) is 3.01. The fourth-order valence-electron chi connectivity index (χ4n) is 3.25. The molecule has 0 aromatic carbocycles. The molecule has 1 spiro atoms. The van der Waals surface area contributed by atoms with E-state index in [1.165, 1.54) is 24.2 Å². The van der Waals surface area contributed by atoms with Crippen LogP contribution in [0.2, 0.25) is 0 Å². The summed E-state index contributed by atoms with van der Waals surface area (Å²) in [5, 5.41) is 3.38. The lowest BCUT2D eigenvalue weighted by Crippen LogP contribution is -2.39. The van der Waals surface area contributed by atoms with Crippen LogP contribution in [0.5, 0.6) is 0 Å². The van der Waals surface area contributed by atoms with Gasteiger partial charge in [-0.3, -0.25) is 0 Å². The lowest BCUT2D eigenvalue weighted by atomic mass is 10.1. The molecule has 0 unspecified atom stereocenters. The summed E-state index contributed by atoms with van der Waals surface area (Å²) in [7, 11) is 1.73. The molecule has 0 atom stereocenters. The van der Waals surface area contributed by atoms with E-state index in [1.54, 1.807) is 24.1 Å². The van der Waals surface area contributed by atoms with Crippen LogP contribution >= 0.6 is 11.3 Å². The Kier molecular flexibility index (Phi) is 3.98. The van der Waals surface area contributed by atoms with Crippen molar-refractivity contribution < 1.29 is 22.5 Å². The fraction of sp³-hybridized carbons (Fsp3) is 0.562. The Morgan fingerprint density at radius 2 is 2.15 bits per heavy atom. The van der Waals surface area contributed by atoms with E-state index in [9.17, 15) is 18.0 Å². The van der Waals surface area contributed by atoms with Crippen LogP contribution in [0.1, 0.15) is 30.0 Å². The Labute approximate surface area is 151 Å². The maximum atomic E-state index is 12.5. The highest BCUT2D eigenvalue weighted by atomic mass is 32.1. The molecule has 2 aromatic rings. The van der Waals surface area contributed by atoms with E-state index < -0.39 is 12.1 Å². The third-order valence-corrected chi connectivity index (χ3v) is 6.00. The Morgan fingerprint density at radius 3 is 2.77 bits per heavy atom. The number of urea groups is 1. The highest BCUT2D eigenvalue weighted by molar-refractivity contribution is 7.15. The van der Waals surface area contributed by atoms with Gasteiger partial charge >= 0.3 is 18.1 Å². The third-order valence-electron chi connectivity index (χ3n) is 4.94. The Balaban J connectivity index is 1.40. The van der Waals surface area contributed by atoms with Crippen LogP contribution in [0.15, 0.2) is 16.7 Å². The van der Waals surface area contributed by atoms with Crippen LogP contribution in [0, 0.1) is 5.41 Å². The Morgan fingerprint density at radius 1 is 1.38 bits per heavy atom. The quantitative estimate of drug-likeness (QED) is 0.804. The van der Waals surface area contributed by atoms with Crippen LogP contribution in [-0.4, -0.2) is 46.1 Å². The number of thiophene rings is 1. The molecule has 0 N–H and O–H groups in total. The molecule has 4 rings (SSSR count). The van der Waals surface area contributed by atoms with E-state index in [2.05, 4.69) is 14.7 Å². The van der Waals surface area contributed by atoms with Crippen LogP contribution in [0.4, 0.5) is 18.0 Å². The molecule has 26 heavy (non-hydrogen) atoms. The van der Waals surface area contributed by atoms with Crippen molar-refractivity contribution in [3.63, 3.8) is 0 Å². The van der Waals surface area contributed by atoms with E-state index in [1.807, 2.05) is 4.90 Å². The minimum Gasteiger partial charge on any atom is -0.329 e. The molecule has 6 nitrogen and oxygen atoms in total. The summed E-state index contributed by atoms with van der Waals surface area (Å²) in [4.78, 5) is 20.8. The molecular weight excluding hydrogens is 369 g/mol. The zero-order chi connectivity index (χ0) is 18.5. The van der Waals surface area contributed by atoms with Gasteiger partial charge in [-0.25, -0.2) is 4.79 Å². The molecule has 0 radical (unpaired) electrons. The number of likely N-dealkylation sites (tertiary alicyclic amines) is 1. The van der Waals surface area contributed by atoms with Crippen LogP contribution in [0.25, 0.3) is 10.7 Å². The standard InChI is InChI=1S/C16H17F3N4O2S/c1-22(14(24)23-7-6-15(9-23)4-5-15)8-10-2-3-11(26-10)12-20-13(25-21-12)16(17,18)19/h2-3H,4-9H2,1H3. The van der Waals surface area contributed by atoms with E-state index >= 15 is 0 Å². The normalized spacial score (nSPS) is 18.5. The van der Waals surface area contributed by atoms with Crippen molar-refractivity contribution in [1.82, 2.24) is 19.9 Å². The lowest BCUT2D eigenvalue weighted by Gasteiger charge is -2.24. The molecule has 140 valence electrons. The number of carbonyl (C=O) groups is 1. The van der Waals surface area contributed by atoms with E-state index in [0.717, 1.165) is 24.4 Å². The molecule has 1 aliphatic heterocycles. The van der Waals surface area contributed by atoms with Gasteiger partial charge in [-0.15, -0.1) is 11.3 Å². The Bertz CT molecular complexity index is 828. The van der Waals surface area contributed by atoms with Gasteiger partial charge in [-0.1, -0.05) is 5.16 Å². The van der Waals surface area contributed by atoms with Crippen LogP contribution in [-0.2, 0) is 12.7 Å². The molecule has 0 bridgehead atoms. The highest BCUT2D eigenvalue weighted by Gasteiger charge is 2.49. The molecule has 2 amide bonds. The minimum atomic E-state index is -4.66. The summed E-state index contributed by atoms with van der Waals surface area (Å²) in [5.74, 6) is -1.46. The van der Waals surface area contributed by atoms with Gasteiger partial charge in [0.15, 0.2) is 0 Å². The van der Waals surface area contributed by atoms with Crippen molar-refractivity contribution in [1.29, 1.82) is 0 Å². The van der Waals surface area contributed by atoms with Crippen molar-refractivity contribution in [3.8, 4) is 10.7 Å². The number of amides is 2. The number of hydrogen-bond donors (Lipinski definition) is 0. The number of aromatic nitrogens is 2. The molecule has 1 saturated heterocycles. The summed E-state index contributed by atoms with van der Waals surface area (Å²) in [6.45, 7) is 2.01. The maximum Gasteiger partial charge on any atom is 0.471 e. The topological polar surface area (TPSA) is 62.5 Å². The summed E-state index contributed by atoms with van der Waals surface area (Å²) in [6.07, 6.45) is -1.17. The number of halogens is 3. The molecule has 10 heteroatoms. The monoisotopic (exact) mass is 386 g/mol. The zero-order valence-electron chi connectivity index (χ0n) is 14.0. The predicted molar refractivity (Wildman–Crippen MR) is 87.3 cm³/mol. The van der Waals surface area contributed by atoms with Crippen molar-refractivity contribution in [2.45, 2.75) is 32.0 Å². The molecular formula is C16H17F3N4O2S. The molecule has 1 saturated carbocycles. The zero-order valence-corrected chi connectivity index (χ0v) is 14.9. The first-order chi connectivity index (χ1) is 12.3. The van der Waals surface area contributed by atoms with E-state index in [0.29, 0.717) is 16.8 Å². The van der Waals surface area contributed by atoms with E-state index in [-0.39, 0.29) is 11.9 Å². The summed E-state index contributed by atoms with van der Waals surface area (Å²) < 4.78 is 41.9. The molecule has 2 fully saturated rings. The summed E-state index contributed by atoms with van der Waals surface area (Å²) in [5.41, 5.74) is 0.376. The second kappa shape index (κ2) is 5.97. The number of carbonyl (C=O) groups excluding carboxylic acids is 1. The summed E-state index contributed by atoms with van der Waals surface area (Å²) in [6, 6.07) is 3.39. The minimum absolute atomic E-state index is 0.0114. The van der Waals surface area contributed by atoms with Crippen LogP contribution < -0.4 is 0 Å². The number of nitrogens with zero attached hydrogens (tertiary/aromatic N) is 4. The summed E-state index contributed by atoms with van der Waals surface area (Å²) >= 11 is 1.25. The largest absolute Gasteiger partial charge is 0.471 e. The smallest absolute Gasteiger partial charge is 0.329 e. The number of alkyl halides is 3. The molecule has 2 aromatic heterocycles. The van der Waals surface area contributed by atoms with Crippen molar-refractivity contribution >= 4 is 17.4 Å². The maximum absolute atomic E-state index is 12.5. The van der Waals surface area contributed by atoms with Gasteiger partial charge in [0.2, 0.25) is 5.82 Å².